The minimum atomic E-state index is 0.0908. The number of carbonyl (C=O) groups excluding carboxylic acids is 1. The molecule has 2 aromatic carbocycles. The van der Waals surface area contributed by atoms with E-state index in [1.165, 1.54) is 25.9 Å². The van der Waals surface area contributed by atoms with Crippen LogP contribution in [0.3, 0.4) is 0 Å². The molecule has 2 N–H and O–H groups in total. The van der Waals surface area contributed by atoms with Gasteiger partial charge in [-0.3, -0.25) is 4.79 Å². The monoisotopic (exact) mass is 524 g/mol. The second kappa shape index (κ2) is 11.2. The molecule has 2 saturated heterocycles. The molecule has 39 heavy (non-hydrogen) atoms. The van der Waals surface area contributed by atoms with Gasteiger partial charge in [-0.1, -0.05) is 35.5 Å². The Hall–Kier alpha value is -4.24. The Morgan fingerprint density at radius 1 is 0.949 bits per heavy atom. The first-order valence-corrected chi connectivity index (χ1v) is 13.5. The molecule has 0 bridgehead atoms. The van der Waals surface area contributed by atoms with Crippen LogP contribution >= 0.6 is 0 Å². The van der Waals surface area contributed by atoms with E-state index < -0.39 is 0 Å². The van der Waals surface area contributed by atoms with E-state index in [0.717, 1.165) is 42.6 Å². The van der Waals surface area contributed by atoms with E-state index in [1.807, 2.05) is 65.6 Å². The summed E-state index contributed by atoms with van der Waals surface area (Å²) in [4.78, 5) is 26.4. The highest BCUT2D eigenvalue weighted by atomic mass is 16.5. The van der Waals surface area contributed by atoms with Gasteiger partial charge in [-0.05, 0) is 74.7 Å². The van der Waals surface area contributed by atoms with Crippen LogP contribution < -0.4 is 10.5 Å². The van der Waals surface area contributed by atoms with Crippen LogP contribution in [0.15, 0.2) is 71.4 Å². The number of ether oxygens (including phenoxy) is 1. The van der Waals surface area contributed by atoms with Gasteiger partial charge in [-0.25, -0.2) is 4.98 Å². The van der Waals surface area contributed by atoms with Crippen LogP contribution in [0.1, 0.15) is 41.9 Å². The Kier molecular flexibility index (Phi) is 7.23. The minimum Gasteiger partial charge on any atom is -0.482 e. The van der Waals surface area contributed by atoms with E-state index in [1.54, 1.807) is 6.20 Å². The molecule has 2 aromatic heterocycles. The predicted octanol–water partition coefficient (Wildman–Crippen LogP) is 4.66. The SMILES string of the molecule is Nc1ncc(-c2ccc(C(=O)N3CCC(N4CCCC4)CC3)cc2)cc1OCc1noc(-c2ccccc2)n1. The Balaban J connectivity index is 1.08. The van der Waals surface area contributed by atoms with Gasteiger partial charge in [-0.2, -0.15) is 4.98 Å². The number of benzene rings is 2. The number of nitrogens with zero attached hydrogens (tertiary/aromatic N) is 5. The van der Waals surface area contributed by atoms with E-state index in [-0.39, 0.29) is 18.3 Å². The van der Waals surface area contributed by atoms with Crippen molar-refractivity contribution < 1.29 is 14.1 Å². The molecule has 2 aliphatic heterocycles. The smallest absolute Gasteiger partial charge is 0.258 e. The summed E-state index contributed by atoms with van der Waals surface area (Å²) in [6.45, 7) is 4.14. The molecule has 200 valence electrons. The summed E-state index contributed by atoms with van der Waals surface area (Å²) in [6.07, 6.45) is 6.42. The van der Waals surface area contributed by atoms with E-state index in [4.69, 9.17) is 15.0 Å². The van der Waals surface area contributed by atoms with Crippen LogP contribution in [-0.2, 0) is 6.61 Å². The third-order valence-corrected chi connectivity index (χ3v) is 7.60. The van der Waals surface area contributed by atoms with Gasteiger partial charge in [0, 0.05) is 42.0 Å². The maximum atomic E-state index is 13.1. The largest absolute Gasteiger partial charge is 0.482 e. The minimum absolute atomic E-state index is 0.0908. The average Bonchev–Trinajstić information content (AvgIpc) is 3.70. The second-order valence-corrected chi connectivity index (χ2v) is 10.1. The molecule has 6 rings (SSSR count). The topological polar surface area (TPSA) is 111 Å². The fraction of sp³-hybridized carbons (Fsp3) is 0.333. The number of nitrogens with two attached hydrogens (primary N) is 1. The molecule has 0 atom stereocenters. The van der Waals surface area contributed by atoms with Crippen LogP contribution in [0, 0.1) is 0 Å². The van der Waals surface area contributed by atoms with Crippen molar-refractivity contribution >= 4 is 11.7 Å². The lowest BCUT2D eigenvalue weighted by Gasteiger charge is -2.36. The fourth-order valence-electron chi connectivity index (χ4n) is 5.41. The lowest BCUT2D eigenvalue weighted by atomic mass is 10.0. The number of carbonyl (C=O) groups is 1. The van der Waals surface area contributed by atoms with Gasteiger partial charge >= 0.3 is 0 Å². The summed E-state index contributed by atoms with van der Waals surface area (Å²) < 4.78 is 11.2. The third kappa shape index (κ3) is 5.63. The molecule has 0 radical (unpaired) electrons. The number of rotatable bonds is 7. The first kappa shape index (κ1) is 25.1. The van der Waals surface area contributed by atoms with Crippen molar-refractivity contribution in [1.29, 1.82) is 0 Å². The Morgan fingerprint density at radius 2 is 1.69 bits per heavy atom. The van der Waals surface area contributed by atoms with Crippen LogP contribution in [0.25, 0.3) is 22.6 Å². The Bertz CT molecular complexity index is 1410. The molecule has 2 aliphatic rings. The quantitative estimate of drug-likeness (QED) is 0.372. The number of piperidine rings is 1. The predicted molar refractivity (Wildman–Crippen MR) is 148 cm³/mol. The van der Waals surface area contributed by atoms with Gasteiger partial charge in [0.2, 0.25) is 5.82 Å². The zero-order valence-electron chi connectivity index (χ0n) is 21.8. The number of likely N-dealkylation sites (tertiary alicyclic amines) is 2. The van der Waals surface area contributed by atoms with Crippen LogP contribution in [0.5, 0.6) is 5.75 Å². The van der Waals surface area contributed by atoms with Crippen LogP contribution in [0.2, 0.25) is 0 Å². The van der Waals surface area contributed by atoms with Gasteiger partial charge in [0.25, 0.3) is 11.8 Å². The Morgan fingerprint density at radius 3 is 2.44 bits per heavy atom. The van der Waals surface area contributed by atoms with Crippen molar-refractivity contribution in [3.63, 3.8) is 0 Å². The van der Waals surface area contributed by atoms with Gasteiger partial charge in [0.05, 0.1) is 0 Å². The molecule has 1 amide bonds. The average molecular weight is 525 g/mol. The molecular formula is C30H32N6O3. The summed E-state index contributed by atoms with van der Waals surface area (Å²) in [7, 11) is 0. The summed E-state index contributed by atoms with van der Waals surface area (Å²) in [5.41, 5.74) is 9.36. The van der Waals surface area contributed by atoms with Crippen LogP contribution in [-0.4, -0.2) is 63.1 Å². The first-order chi connectivity index (χ1) is 19.1. The van der Waals surface area contributed by atoms with E-state index in [2.05, 4.69) is 20.0 Å². The highest BCUT2D eigenvalue weighted by Crippen LogP contribution is 2.29. The van der Waals surface area contributed by atoms with Crippen LogP contribution in [0.4, 0.5) is 5.82 Å². The molecule has 4 heterocycles. The molecule has 2 fully saturated rings. The van der Waals surface area contributed by atoms with Crippen molar-refractivity contribution in [2.24, 2.45) is 0 Å². The van der Waals surface area contributed by atoms with Gasteiger partial charge in [0.15, 0.2) is 18.2 Å². The summed E-state index contributed by atoms with van der Waals surface area (Å²) in [5, 5.41) is 4.00. The lowest BCUT2D eigenvalue weighted by Crippen LogP contribution is -2.45. The molecule has 9 nitrogen and oxygen atoms in total. The van der Waals surface area contributed by atoms with Crippen molar-refractivity contribution in [2.45, 2.75) is 38.3 Å². The van der Waals surface area contributed by atoms with Crippen molar-refractivity contribution in [2.75, 3.05) is 31.9 Å². The molecular weight excluding hydrogens is 492 g/mol. The maximum absolute atomic E-state index is 13.1. The molecule has 0 saturated carbocycles. The first-order valence-electron chi connectivity index (χ1n) is 13.5. The summed E-state index contributed by atoms with van der Waals surface area (Å²) in [6, 6.07) is 19.6. The van der Waals surface area contributed by atoms with Gasteiger partial charge in [0.1, 0.15) is 0 Å². The molecule has 9 heteroatoms. The van der Waals surface area contributed by atoms with Crippen molar-refractivity contribution in [3.05, 3.63) is 78.2 Å². The molecule has 0 spiro atoms. The molecule has 0 unspecified atom stereocenters. The van der Waals surface area contributed by atoms with Gasteiger partial charge < -0.3 is 24.8 Å². The molecule has 0 aliphatic carbocycles. The number of aromatic nitrogens is 3. The van der Waals surface area contributed by atoms with Gasteiger partial charge in [-0.15, -0.1) is 0 Å². The number of amides is 1. The lowest BCUT2D eigenvalue weighted by molar-refractivity contribution is 0.0644. The number of hydrogen-bond donors (Lipinski definition) is 1. The number of hydrogen-bond acceptors (Lipinski definition) is 8. The zero-order valence-corrected chi connectivity index (χ0v) is 21.8. The molecule has 4 aromatic rings. The highest BCUT2D eigenvalue weighted by Gasteiger charge is 2.28. The van der Waals surface area contributed by atoms with E-state index in [9.17, 15) is 4.79 Å². The second-order valence-electron chi connectivity index (χ2n) is 10.1. The summed E-state index contributed by atoms with van der Waals surface area (Å²) in [5.74, 6) is 1.63. The normalized spacial score (nSPS) is 16.5. The van der Waals surface area contributed by atoms with E-state index >= 15 is 0 Å². The summed E-state index contributed by atoms with van der Waals surface area (Å²) >= 11 is 0. The highest BCUT2D eigenvalue weighted by molar-refractivity contribution is 5.94. The van der Waals surface area contributed by atoms with E-state index in [0.29, 0.717) is 29.1 Å². The fourth-order valence-corrected chi connectivity index (χ4v) is 5.41. The Labute approximate surface area is 227 Å². The standard InChI is InChI=1S/C30H32N6O3/c31-28-26(38-20-27-33-29(39-34-27)22-6-2-1-3-7-22)18-24(19-32-28)21-8-10-23(11-9-21)30(37)36-16-12-25(13-17-36)35-14-4-5-15-35/h1-3,6-11,18-19,25H,4-5,12-17,20H2,(H2,31,32). The third-order valence-electron chi connectivity index (χ3n) is 7.60. The number of anilines is 1. The number of nitrogen functional groups attached to an aromatic ring is 1. The van der Waals surface area contributed by atoms with Crippen molar-refractivity contribution in [1.82, 2.24) is 24.9 Å². The zero-order chi connectivity index (χ0) is 26.6. The number of pyridine rings is 1. The van der Waals surface area contributed by atoms with Crippen molar-refractivity contribution in [3.8, 4) is 28.3 Å². The maximum Gasteiger partial charge on any atom is 0.258 e.